The summed E-state index contributed by atoms with van der Waals surface area (Å²) in [5.74, 6) is -4.80. The maximum atomic E-state index is 13.3. The Bertz CT molecular complexity index is 777. The normalized spacial score (nSPS) is 30.3. The SMILES string of the molecule is O=C(CCC(=O)OCC12CC3CC(CC(C3)C1)C2)OCCC(F)(F)C(F)(F)S(=O)(=O)O. The van der Waals surface area contributed by atoms with E-state index in [0.717, 1.165) is 19.3 Å². The number of hydrogen-bond acceptors (Lipinski definition) is 6. The van der Waals surface area contributed by atoms with Crippen LogP contribution in [0, 0.1) is 23.2 Å². The van der Waals surface area contributed by atoms with Gasteiger partial charge in [0.1, 0.15) is 0 Å². The molecule has 4 bridgehead atoms. The van der Waals surface area contributed by atoms with Crippen LogP contribution in [0.5, 0.6) is 0 Å². The Morgan fingerprint density at radius 3 is 1.81 bits per heavy atom. The molecule has 0 aliphatic heterocycles. The van der Waals surface area contributed by atoms with Crippen molar-refractivity contribution in [2.45, 2.75) is 69.0 Å². The third-order valence-electron chi connectivity index (χ3n) is 6.67. The summed E-state index contributed by atoms with van der Waals surface area (Å²) in [5.41, 5.74) is 0.00870. The van der Waals surface area contributed by atoms with Crippen molar-refractivity contribution < 1.29 is 49.6 Å². The maximum absolute atomic E-state index is 13.3. The summed E-state index contributed by atoms with van der Waals surface area (Å²) in [6.07, 6.45) is 4.20. The standard InChI is InChI=1S/C19H26F4O7S/c20-18(21,19(22,23)31(26,27)28)3-4-29-15(24)1-2-16(25)30-11-17-8-12-5-13(9-17)7-14(6-12)10-17/h12-14H,1-11H2,(H,26,27,28). The third kappa shape index (κ3) is 5.32. The zero-order valence-corrected chi connectivity index (χ0v) is 17.6. The lowest BCUT2D eigenvalue weighted by atomic mass is 9.50. The van der Waals surface area contributed by atoms with Gasteiger partial charge in [-0.2, -0.15) is 26.0 Å². The average molecular weight is 474 g/mol. The zero-order chi connectivity index (χ0) is 23.1. The van der Waals surface area contributed by atoms with E-state index >= 15 is 0 Å². The van der Waals surface area contributed by atoms with E-state index in [1.165, 1.54) is 19.3 Å². The predicted molar refractivity (Wildman–Crippen MR) is 97.8 cm³/mol. The Morgan fingerprint density at radius 2 is 1.35 bits per heavy atom. The fourth-order valence-electron chi connectivity index (χ4n) is 5.68. The van der Waals surface area contributed by atoms with Crippen LogP contribution >= 0.6 is 0 Å². The highest BCUT2D eigenvalue weighted by molar-refractivity contribution is 7.87. The van der Waals surface area contributed by atoms with Crippen LogP contribution in [0.15, 0.2) is 0 Å². The van der Waals surface area contributed by atoms with Gasteiger partial charge in [-0.3, -0.25) is 14.1 Å². The number of esters is 2. The molecule has 31 heavy (non-hydrogen) atoms. The van der Waals surface area contributed by atoms with Crippen LogP contribution in [-0.4, -0.2) is 49.3 Å². The summed E-state index contributed by atoms with van der Waals surface area (Å²) in [5, 5.41) is -5.71. The largest absolute Gasteiger partial charge is 0.465 e. The van der Waals surface area contributed by atoms with E-state index in [9.17, 15) is 35.6 Å². The van der Waals surface area contributed by atoms with Gasteiger partial charge in [-0.1, -0.05) is 0 Å². The van der Waals surface area contributed by atoms with E-state index in [4.69, 9.17) is 9.29 Å². The second-order valence-corrected chi connectivity index (χ2v) is 10.7. The average Bonchev–Trinajstić information content (AvgIpc) is 2.62. The number of ether oxygens (including phenoxy) is 2. The van der Waals surface area contributed by atoms with Crippen molar-refractivity contribution in [1.82, 2.24) is 0 Å². The van der Waals surface area contributed by atoms with Crippen molar-refractivity contribution in [3.63, 3.8) is 0 Å². The molecule has 4 aliphatic carbocycles. The molecule has 0 saturated heterocycles. The van der Waals surface area contributed by atoms with Crippen molar-refractivity contribution in [3.05, 3.63) is 0 Å². The highest BCUT2D eigenvalue weighted by Crippen LogP contribution is 2.60. The van der Waals surface area contributed by atoms with Crippen LogP contribution in [0.1, 0.15) is 57.8 Å². The minimum Gasteiger partial charge on any atom is -0.465 e. The van der Waals surface area contributed by atoms with Gasteiger partial charge in [-0.25, -0.2) is 0 Å². The number of carbonyl (C=O) groups excluding carboxylic acids is 2. The molecule has 0 unspecified atom stereocenters. The molecule has 7 nitrogen and oxygen atoms in total. The molecule has 4 saturated carbocycles. The molecule has 12 heteroatoms. The minimum atomic E-state index is -6.34. The second kappa shape index (κ2) is 8.49. The van der Waals surface area contributed by atoms with Crippen LogP contribution in [-0.2, 0) is 29.2 Å². The van der Waals surface area contributed by atoms with Crippen LogP contribution in [0.2, 0.25) is 0 Å². The highest BCUT2D eigenvalue weighted by Gasteiger charge is 2.65. The lowest BCUT2D eigenvalue weighted by molar-refractivity contribution is -0.175. The van der Waals surface area contributed by atoms with Crippen molar-refractivity contribution in [2.24, 2.45) is 23.2 Å². The van der Waals surface area contributed by atoms with E-state index in [-0.39, 0.29) is 11.8 Å². The Hall–Kier alpha value is -1.43. The summed E-state index contributed by atoms with van der Waals surface area (Å²) >= 11 is 0. The molecule has 1 N–H and O–H groups in total. The Balaban J connectivity index is 1.36. The molecule has 0 aromatic carbocycles. The maximum Gasteiger partial charge on any atom is 0.431 e. The first-order chi connectivity index (χ1) is 14.2. The van der Waals surface area contributed by atoms with E-state index < -0.39 is 52.7 Å². The Kier molecular flexibility index (Phi) is 6.63. The predicted octanol–water partition coefficient (Wildman–Crippen LogP) is 3.58. The molecule has 0 heterocycles. The third-order valence-corrected chi connectivity index (χ3v) is 7.61. The fourth-order valence-corrected chi connectivity index (χ4v) is 6.16. The minimum absolute atomic E-state index is 0.00870. The number of halogens is 4. The Morgan fingerprint density at radius 1 is 0.903 bits per heavy atom. The molecular weight excluding hydrogens is 448 g/mol. The van der Waals surface area contributed by atoms with E-state index in [1.807, 2.05) is 0 Å². The summed E-state index contributed by atoms with van der Waals surface area (Å²) in [7, 11) is -6.34. The zero-order valence-electron chi connectivity index (χ0n) is 16.8. The van der Waals surface area contributed by atoms with Crippen molar-refractivity contribution in [1.29, 1.82) is 0 Å². The van der Waals surface area contributed by atoms with Gasteiger partial charge >= 0.3 is 33.2 Å². The quantitative estimate of drug-likeness (QED) is 0.293. The molecule has 0 aromatic heterocycles. The van der Waals surface area contributed by atoms with Crippen molar-refractivity contribution >= 4 is 22.1 Å². The first-order valence-corrected chi connectivity index (χ1v) is 11.7. The van der Waals surface area contributed by atoms with E-state index in [1.54, 1.807) is 0 Å². The highest BCUT2D eigenvalue weighted by atomic mass is 32.2. The van der Waals surface area contributed by atoms with Crippen LogP contribution in [0.4, 0.5) is 17.6 Å². The van der Waals surface area contributed by atoms with Crippen LogP contribution < -0.4 is 0 Å². The van der Waals surface area contributed by atoms with E-state index in [2.05, 4.69) is 4.74 Å². The molecular formula is C19H26F4O7S. The summed E-state index contributed by atoms with van der Waals surface area (Å²) in [6, 6.07) is 0. The van der Waals surface area contributed by atoms with Gasteiger partial charge in [0.2, 0.25) is 0 Å². The number of rotatable bonds is 10. The van der Waals surface area contributed by atoms with Gasteiger partial charge in [-0.15, -0.1) is 0 Å². The van der Waals surface area contributed by atoms with Gasteiger partial charge in [0.05, 0.1) is 32.5 Å². The lowest BCUT2D eigenvalue weighted by Gasteiger charge is -2.56. The number of hydrogen-bond donors (Lipinski definition) is 1. The molecule has 4 rings (SSSR count). The molecule has 0 spiro atoms. The molecule has 178 valence electrons. The number of carbonyl (C=O) groups is 2. The van der Waals surface area contributed by atoms with Gasteiger partial charge in [-0.05, 0) is 56.3 Å². The fraction of sp³-hybridized carbons (Fsp3) is 0.895. The summed E-state index contributed by atoms with van der Waals surface area (Å²) < 4.78 is 91.5. The van der Waals surface area contributed by atoms with Gasteiger partial charge < -0.3 is 9.47 Å². The summed E-state index contributed by atoms with van der Waals surface area (Å²) in [4.78, 5) is 23.5. The van der Waals surface area contributed by atoms with Gasteiger partial charge in [0.15, 0.2) is 0 Å². The van der Waals surface area contributed by atoms with Gasteiger partial charge in [0, 0.05) is 5.41 Å². The molecule has 4 fully saturated rings. The van der Waals surface area contributed by atoms with Crippen LogP contribution in [0.25, 0.3) is 0 Å². The van der Waals surface area contributed by atoms with Crippen molar-refractivity contribution in [2.75, 3.05) is 13.2 Å². The molecule has 4 aliphatic rings. The molecule has 0 atom stereocenters. The second-order valence-electron chi connectivity index (χ2n) is 9.25. The molecule has 0 aromatic rings. The molecule has 0 radical (unpaired) electrons. The smallest absolute Gasteiger partial charge is 0.431 e. The topological polar surface area (TPSA) is 107 Å². The van der Waals surface area contributed by atoms with Crippen molar-refractivity contribution in [3.8, 4) is 0 Å². The number of alkyl halides is 4. The first-order valence-electron chi connectivity index (χ1n) is 10.3. The Labute approximate surface area is 177 Å². The molecule has 0 amide bonds. The van der Waals surface area contributed by atoms with E-state index in [0.29, 0.717) is 24.4 Å². The van der Waals surface area contributed by atoms with Gasteiger partial charge in [0.25, 0.3) is 0 Å². The lowest BCUT2D eigenvalue weighted by Crippen LogP contribution is -2.48. The first kappa shape index (κ1) is 24.2. The monoisotopic (exact) mass is 474 g/mol. The summed E-state index contributed by atoms with van der Waals surface area (Å²) in [6.45, 7) is -0.916. The van der Waals surface area contributed by atoms with Crippen LogP contribution in [0.3, 0.4) is 0 Å².